The van der Waals surface area contributed by atoms with Crippen LogP contribution in [0.5, 0.6) is 0 Å². The van der Waals surface area contributed by atoms with Gasteiger partial charge >= 0.3 is 12.0 Å². The molecule has 122 valence electrons. The first kappa shape index (κ1) is 17.8. The van der Waals surface area contributed by atoms with E-state index in [0.29, 0.717) is 19.0 Å². The third kappa shape index (κ3) is 5.94. The second-order valence-electron chi connectivity index (χ2n) is 7.35. The number of carboxylic acids is 1. The molecule has 5 nitrogen and oxygen atoms in total. The van der Waals surface area contributed by atoms with Crippen molar-refractivity contribution < 1.29 is 14.7 Å². The van der Waals surface area contributed by atoms with Crippen LogP contribution in [0.25, 0.3) is 0 Å². The molecule has 3 N–H and O–H groups in total. The summed E-state index contributed by atoms with van der Waals surface area (Å²) in [5, 5.41) is 14.9. The predicted octanol–water partition coefficient (Wildman–Crippen LogP) is 2.86. The maximum Gasteiger partial charge on any atom is 0.314 e. The van der Waals surface area contributed by atoms with Crippen molar-refractivity contribution in [2.45, 2.75) is 53.4 Å². The molecule has 5 heteroatoms. The largest absolute Gasteiger partial charge is 0.481 e. The number of amides is 2. The Kier molecular flexibility index (Phi) is 6.49. The third-order valence-electron chi connectivity index (χ3n) is 4.80. The summed E-state index contributed by atoms with van der Waals surface area (Å²) in [7, 11) is 0. The topological polar surface area (TPSA) is 78.4 Å². The second-order valence-corrected chi connectivity index (χ2v) is 7.35. The number of aliphatic carboxylic acids is 1. The molecule has 1 rings (SSSR count). The van der Waals surface area contributed by atoms with Crippen LogP contribution < -0.4 is 10.6 Å². The van der Waals surface area contributed by atoms with Gasteiger partial charge in [-0.1, -0.05) is 40.5 Å². The highest BCUT2D eigenvalue weighted by Gasteiger charge is 2.30. The van der Waals surface area contributed by atoms with Gasteiger partial charge < -0.3 is 15.7 Å². The molecule has 0 aromatic rings. The molecule has 3 atom stereocenters. The molecule has 0 bridgehead atoms. The molecule has 1 saturated carbocycles. The molecule has 0 heterocycles. The number of rotatable bonds is 5. The van der Waals surface area contributed by atoms with E-state index in [1.165, 1.54) is 0 Å². The number of carbonyl (C=O) groups excluding carboxylic acids is 1. The van der Waals surface area contributed by atoms with E-state index in [4.69, 9.17) is 0 Å². The number of hydrogen-bond donors (Lipinski definition) is 3. The molecule has 21 heavy (non-hydrogen) atoms. The van der Waals surface area contributed by atoms with Crippen molar-refractivity contribution in [1.82, 2.24) is 10.6 Å². The fraction of sp³-hybridized carbons (Fsp3) is 0.875. The predicted molar refractivity (Wildman–Crippen MR) is 83.1 cm³/mol. The molecule has 3 unspecified atom stereocenters. The van der Waals surface area contributed by atoms with E-state index in [1.807, 2.05) is 0 Å². The second kappa shape index (κ2) is 7.66. The van der Waals surface area contributed by atoms with Gasteiger partial charge in [-0.05, 0) is 30.1 Å². The monoisotopic (exact) mass is 298 g/mol. The summed E-state index contributed by atoms with van der Waals surface area (Å²) in [6.07, 6.45) is 3.64. The first-order valence-corrected chi connectivity index (χ1v) is 7.96. The van der Waals surface area contributed by atoms with Gasteiger partial charge in [0.15, 0.2) is 0 Å². The highest BCUT2D eigenvalue weighted by atomic mass is 16.4. The van der Waals surface area contributed by atoms with Gasteiger partial charge in [-0.2, -0.15) is 0 Å². The van der Waals surface area contributed by atoms with Gasteiger partial charge in [0.1, 0.15) is 0 Å². The SMILES string of the molecule is CC(CNC(=O)NCC1CCCCC1C(=O)O)C(C)(C)C. The molecule has 1 fully saturated rings. The summed E-state index contributed by atoms with van der Waals surface area (Å²) in [6.45, 7) is 9.64. The Morgan fingerprint density at radius 1 is 1.19 bits per heavy atom. The van der Waals surface area contributed by atoms with Crippen LogP contribution >= 0.6 is 0 Å². The number of carbonyl (C=O) groups is 2. The van der Waals surface area contributed by atoms with E-state index in [0.717, 1.165) is 25.7 Å². The van der Waals surface area contributed by atoms with Crippen LogP contribution in [0.2, 0.25) is 0 Å². The van der Waals surface area contributed by atoms with Crippen molar-refractivity contribution in [2.24, 2.45) is 23.2 Å². The molecule has 0 aromatic heterocycles. The Labute approximate surface area is 127 Å². The molecule has 0 aromatic carbocycles. The Balaban J connectivity index is 2.33. The Hall–Kier alpha value is -1.26. The van der Waals surface area contributed by atoms with Crippen molar-refractivity contribution in [3.05, 3.63) is 0 Å². The van der Waals surface area contributed by atoms with Gasteiger partial charge in [-0.3, -0.25) is 4.79 Å². The van der Waals surface area contributed by atoms with Gasteiger partial charge in [0.2, 0.25) is 0 Å². The van der Waals surface area contributed by atoms with Crippen LogP contribution in [0.15, 0.2) is 0 Å². The van der Waals surface area contributed by atoms with Crippen molar-refractivity contribution in [1.29, 1.82) is 0 Å². The molecule has 0 radical (unpaired) electrons. The third-order valence-corrected chi connectivity index (χ3v) is 4.80. The van der Waals surface area contributed by atoms with Crippen molar-refractivity contribution in [3.8, 4) is 0 Å². The molecule has 0 aliphatic heterocycles. The maximum absolute atomic E-state index is 11.8. The zero-order chi connectivity index (χ0) is 16.0. The minimum Gasteiger partial charge on any atom is -0.481 e. The average molecular weight is 298 g/mol. The van der Waals surface area contributed by atoms with Crippen LogP contribution in [0.3, 0.4) is 0 Å². The number of carboxylic acid groups (broad SMARTS) is 1. The first-order valence-electron chi connectivity index (χ1n) is 7.96. The van der Waals surface area contributed by atoms with Gasteiger partial charge in [-0.15, -0.1) is 0 Å². The number of urea groups is 1. The van der Waals surface area contributed by atoms with E-state index in [9.17, 15) is 14.7 Å². The zero-order valence-corrected chi connectivity index (χ0v) is 13.7. The Morgan fingerprint density at radius 2 is 1.81 bits per heavy atom. The molecular weight excluding hydrogens is 268 g/mol. The first-order chi connectivity index (χ1) is 9.71. The summed E-state index contributed by atoms with van der Waals surface area (Å²) in [6, 6.07) is -0.194. The van der Waals surface area contributed by atoms with Gasteiger partial charge in [0, 0.05) is 13.1 Å². The van der Waals surface area contributed by atoms with Gasteiger partial charge in [0.05, 0.1) is 5.92 Å². The van der Waals surface area contributed by atoms with Crippen LogP contribution in [0.4, 0.5) is 4.79 Å². The van der Waals surface area contributed by atoms with E-state index < -0.39 is 5.97 Å². The average Bonchev–Trinajstić information content (AvgIpc) is 2.41. The Morgan fingerprint density at radius 3 is 2.38 bits per heavy atom. The fourth-order valence-electron chi connectivity index (χ4n) is 2.62. The van der Waals surface area contributed by atoms with Crippen molar-refractivity contribution in [3.63, 3.8) is 0 Å². The van der Waals surface area contributed by atoms with Crippen molar-refractivity contribution in [2.75, 3.05) is 13.1 Å². The molecular formula is C16H30N2O3. The van der Waals surface area contributed by atoms with E-state index in [2.05, 4.69) is 38.3 Å². The molecule has 1 aliphatic carbocycles. The molecule has 1 aliphatic rings. The highest BCUT2D eigenvalue weighted by Crippen LogP contribution is 2.29. The van der Waals surface area contributed by atoms with Crippen LogP contribution in [0.1, 0.15) is 53.4 Å². The lowest BCUT2D eigenvalue weighted by Crippen LogP contribution is -2.44. The quantitative estimate of drug-likeness (QED) is 0.730. The van der Waals surface area contributed by atoms with E-state index in [1.54, 1.807) is 0 Å². The minimum absolute atomic E-state index is 0.0574. The summed E-state index contributed by atoms with van der Waals surface area (Å²) in [5.74, 6) is -0.609. The highest BCUT2D eigenvalue weighted by molar-refractivity contribution is 5.74. The molecule has 2 amide bonds. The Bertz CT molecular complexity index is 363. The summed E-state index contributed by atoms with van der Waals surface area (Å²) in [4.78, 5) is 23.0. The summed E-state index contributed by atoms with van der Waals surface area (Å²) >= 11 is 0. The van der Waals surface area contributed by atoms with Crippen LogP contribution in [0, 0.1) is 23.2 Å². The lowest BCUT2D eigenvalue weighted by molar-refractivity contribution is -0.144. The van der Waals surface area contributed by atoms with E-state index in [-0.39, 0.29) is 23.3 Å². The minimum atomic E-state index is -0.733. The lowest BCUT2D eigenvalue weighted by Gasteiger charge is -2.29. The summed E-state index contributed by atoms with van der Waals surface area (Å²) in [5.41, 5.74) is 0.158. The fourth-order valence-corrected chi connectivity index (χ4v) is 2.62. The molecule has 0 saturated heterocycles. The zero-order valence-electron chi connectivity index (χ0n) is 13.7. The number of nitrogens with one attached hydrogen (secondary N) is 2. The normalized spacial score (nSPS) is 24.2. The van der Waals surface area contributed by atoms with E-state index >= 15 is 0 Å². The summed E-state index contributed by atoms with van der Waals surface area (Å²) < 4.78 is 0. The molecule has 0 spiro atoms. The van der Waals surface area contributed by atoms with Crippen molar-refractivity contribution >= 4 is 12.0 Å². The standard InChI is InChI=1S/C16H30N2O3/c1-11(16(2,3)4)9-17-15(21)18-10-12-7-5-6-8-13(12)14(19)20/h11-13H,5-10H2,1-4H3,(H,19,20)(H2,17,18,21). The van der Waals surface area contributed by atoms with Gasteiger partial charge in [0.25, 0.3) is 0 Å². The lowest BCUT2D eigenvalue weighted by atomic mass is 9.79. The smallest absolute Gasteiger partial charge is 0.314 e. The van der Waals surface area contributed by atoms with Gasteiger partial charge in [-0.25, -0.2) is 4.79 Å². The van der Waals surface area contributed by atoms with Crippen LogP contribution in [-0.2, 0) is 4.79 Å². The maximum atomic E-state index is 11.8. The number of hydrogen-bond acceptors (Lipinski definition) is 2. The van der Waals surface area contributed by atoms with Crippen LogP contribution in [-0.4, -0.2) is 30.2 Å².